The number of nitriles is 1. The van der Waals surface area contributed by atoms with Gasteiger partial charge >= 0.3 is 0 Å². The average molecular weight is 287 g/mol. The second kappa shape index (κ2) is 7.74. The van der Waals surface area contributed by atoms with Gasteiger partial charge < -0.3 is 0 Å². The quantitative estimate of drug-likeness (QED) is 0.730. The summed E-state index contributed by atoms with van der Waals surface area (Å²) in [6.07, 6.45) is 6.21. The Balaban J connectivity index is 1.95. The average Bonchev–Trinajstić information content (AvgIpc) is 2.47. The van der Waals surface area contributed by atoms with E-state index in [1.54, 1.807) is 0 Å². The Kier molecular flexibility index (Phi) is 5.98. The zero-order valence-corrected chi connectivity index (χ0v) is 13.5. The molecule has 2 heteroatoms. The molecule has 0 heterocycles. The monoisotopic (exact) mass is 287 g/mol. The molecule has 1 aliphatic rings. The van der Waals surface area contributed by atoms with Crippen LogP contribution in [0.5, 0.6) is 0 Å². The summed E-state index contributed by atoms with van der Waals surface area (Å²) in [5, 5.41) is 9.90. The highest BCUT2D eigenvalue weighted by Crippen LogP contribution is 2.39. The van der Waals surface area contributed by atoms with Crippen molar-refractivity contribution < 1.29 is 0 Å². The van der Waals surface area contributed by atoms with Crippen LogP contribution in [0, 0.1) is 30.1 Å². The lowest BCUT2D eigenvalue weighted by molar-refractivity contribution is 0.307. The Hall–Kier alpha value is -0.940. The van der Waals surface area contributed by atoms with Crippen LogP contribution < -0.4 is 0 Å². The molecule has 1 aliphatic carbocycles. The molecule has 0 spiro atoms. The lowest BCUT2D eigenvalue weighted by atomic mass is 9.80. The molecule has 0 radical (unpaired) electrons. The number of hydrogen-bond acceptors (Lipinski definition) is 2. The third kappa shape index (κ3) is 4.03. The second-order valence-electron chi connectivity index (χ2n) is 5.98. The SMILES string of the molecule is CCCC1CCC(C#N)C(SCc2ccccc2C)C1. The van der Waals surface area contributed by atoms with Gasteiger partial charge in [-0.3, -0.25) is 0 Å². The number of rotatable bonds is 5. The highest BCUT2D eigenvalue weighted by atomic mass is 32.2. The van der Waals surface area contributed by atoms with Crippen LogP contribution in [0.15, 0.2) is 24.3 Å². The number of nitrogens with zero attached hydrogens (tertiary/aromatic N) is 1. The first-order valence-electron chi connectivity index (χ1n) is 7.80. The predicted octanol–water partition coefficient (Wildman–Crippen LogP) is 5.34. The first kappa shape index (κ1) is 15.4. The third-order valence-corrected chi connectivity index (χ3v) is 5.90. The molecule has 1 fully saturated rings. The van der Waals surface area contributed by atoms with Gasteiger partial charge in [0.25, 0.3) is 0 Å². The van der Waals surface area contributed by atoms with E-state index in [1.807, 2.05) is 11.8 Å². The van der Waals surface area contributed by atoms with Crippen molar-refractivity contribution in [2.75, 3.05) is 0 Å². The van der Waals surface area contributed by atoms with E-state index in [-0.39, 0.29) is 5.92 Å². The Morgan fingerprint density at radius 1 is 1.30 bits per heavy atom. The molecule has 0 aromatic heterocycles. The fourth-order valence-electron chi connectivity index (χ4n) is 3.18. The molecule has 0 aliphatic heterocycles. The molecule has 20 heavy (non-hydrogen) atoms. The molecular weight excluding hydrogens is 262 g/mol. The van der Waals surface area contributed by atoms with Crippen LogP contribution in [0.3, 0.4) is 0 Å². The van der Waals surface area contributed by atoms with Crippen molar-refractivity contribution in [1.29, 1.82) is 5.26 Å². The smallest absolute Gasteiger partial charge is 0.0667 e. The molecule has 2 rings (SSSR count). The van der Waals surface area contributed by atoms with Crippen molar-refractivity contribution in [1.82, 2.24) is 0 Å². The van der Waals surface area contributed by atoms with E-state index < -0.39 is 0 Å². The van der Waals surface area contributed by atoms with Gasteiger partial charge in [0.2, 0.25) is 0 Å². The molecule has 1 aromatic carbocycles. The maximum absolute atomic E-state index is 9.37. The van der Waals surface area contributed by atoms with E-state index >= 15 is 0 Å². The summed E-state index contributed by atoms with van der Waals surface area (Å²) >= 11 is 2.00. The van der Waals surface area contributed by atoms with Gasteiger partial charge in [0.05, 0.1) is 12.0 Å². The van der Waals surface area contributed by atoms with E-state index in [4.69, 9.17) is 0 Å². The van der Waals surface area contributed by atoms with Gasteiger partial charge in [-0.2, -0.15) is 17.0 Å². The van der Waals surface area contributed by atoms with Crippen LogP contribution in [0.4, 0.5) is 0 Å². The van der Waals surface area contributed by atoms with Crippen LogP contribution in [-0.2, 0) is 5.75 Å². The first-order chi connectivity index (χ1) is 9.74. The summed E-state index contributed by atoms with van der Waals surface area (Å²) in [5.74, 6) is 2.16. The van der Waals surface area contributed by atoms with Crippen molar-refractivity contribution in [2.45, 2.75) is 57.0 Å². The van der Waals surface area contributed by atoms with Gasteiger partial charge in [-0.25, -0.2) is 0 Å². The number of hydrogen-bond donors (Lipinski definition) is 0. The Bertz CT molecular complexity index is 463. The van der Waals surface area contributed by atoms with Crippen LogP contribution in [0.25, 0.3) is 0 Å². The normalized spacial score (nSPS) is 26.1. The molecule has 1 saturated carbocycles. The van der Waals surface area contributed by atoms with Crippen LogP contribution in [-0.4, -0.2) is 5.25 Å². The molecule has 3 atom stereocenters. The standard InChI is InChI=1S/C18H25NS/c1-3-6-15-9-10-16(12-19)18(11-15)20-13-17-8-5-4-7-14(17)2/h4-5,7-8,15-16,18H,3,6,9-11,13H2,1-2H3. The summed E-state index contributed by atoms with van der Waals surface area (Å²) < 4.78 is 0. The van der Waals surface area contributed by atoms with Gasteiger partial charge in [-0.15, -0.1) is 0 Å². The minimum Gasteiger partial charge on any atom is -0.198 e. The van der Waals surface area contributed by atoms with E-state index in [2.05, 4.69) is 44.2 Å². The van der Waals surface area contributed by atoms with E-state index in [1.165, 1.54) is 36.8 Å². The Morgan fingerprint density at radius 2 is 2.10 bits per heavy atom. The summed E-state index contributed by atoms with van der Waals surface area (Å²) in [5.41, 5.74) is 2.79. The zero-order valence-electron chi connectivity index (χ0n) is 12.6. The van der Waals surface area contributed by atoms with Gasteiger partial charge in [0.1, 0.15) is 0 Å². The molecule has 0 N–H and O–H groups in total. The molecule has 1 aromatic rings. The molecule has 0 amide bonds. The van der Waals surface area contributed by atoms with Crippen molar-refractivity contribution in [3.05, 3.63) is 35.4 Å². The fraction of sp³-hybridized carbons (Fsp3) is 0.611. The Labute approximate surface area is 127 Å². The van der Waals surface area contributed by atoms with E-state index in [0.717, 1.165) is 18.1 Å². The topological polar surface area (TPSA) is 23.8 Å². The summed E-state index contributed by atoms with van der Waals surface area (Å²) in [4.78, 5) is 0. The van der Waals surface area contributed by atoms with Crippen LogP contribution >= 0.6 is 11.8 Å². The molecule has 1 nitrogen and oxygen atoms in total. The van der Waals surface area contributed by atoms with Gasteiger partial charge in [0.15, 0.2) is 0 Å². The van der Waals surface area contributed by atoms with Gasteiger partial charge in [-0.05, 0) is 43.2 Å². The maximum atomic E-state index is 9.37. The van der Waals surface area contributed by atoms with Crippen molar-refractivity contribution >= 4 is 11.8 Å². The Morgan fingerprint density at radius 3 is 2.80 bits per heavy atom. The zero-order chi connectivity index (χ0) is 14.4. The van der Waals surface area contributed by atoms with Crippen LogP contribution in [0.1, 0.15) is 50.2 Å². The summed E-state index contributed by atoms with van der Waals surface area (Å²) in [6.45, 7) is 4.45. The highest BCUT2D eigenvalue weighted by Gasteiger charge is 2.30. The number of benzene rings is 1. The molecule has 0 saturated heterocycles. The summed E-state index contributed by atoms with van der Waals surface area (Å²) in [6, 6.07) is 11.2. The molecule has 3 unspecified atom stereocenters. The van der Waals surface area contributed by atoms with Crippen molar-refractivity contribution in [2.24, 2.45) is 11.8 Å². The second-order valence-corrected chi connectivity index (χ2v) is 7.21. The fourth-order valence-corrected chi connectivity index (χ4v) is 4.74. The van der Waals surface area contributed by atoms with Crippen LogP contribution in [0.2, 0.25) is 0 Å². The van der Waals surface area contributed by atoms with Crippen molar-refractivity contribution in [3.63, 3.8) is 0 Å². The van der Waals surface area contributed by atoms with Gasteiger partial charge in [0, 0.05) is 11.0 Å². The maximum Gasteiger partial charge on any atom is 0.0667 e. The largest absolute Gasteiger partial charge is 0.198 e. The number of aryl methyl sites for hydroxylation is 1. The van der Waals surface area contributed by atoms with Crippen molar-refractivity contribution in [3.8, 4) is 6.07 Å². The van der Waals surface area contributed by atoms with E-state index in [9.17, 15) is 5.26 Å². The predicted molar refractivity (Wildman–Crippen MR) is 87.6 cm³/mol. The summed E-state index contributed by atoms with van der Waals surface area (Å²) in [7, 11) is 0. The minimum atomic E-state index is 0.261. The number of thioether (sulfide) groups is 1. The molecule has 0 bridgehead atoms. The van der Waals surface area contributed by atoms with E-state index in [0.29, 0.717) is 5.25 Å². The minimum absolute atomic E-state index is 0.261. The lowest BCUT2D eigenvalue weighted by Crippen LogP contribution is -2.26. The van der Waals surface area contributed by atoms with Gasteiger partial charge in [-0.1, -0.05) is 44.0 Å². The molecular formula is C18H25NS. The first-order valence-corrected chi connectivity index (χ1v) is 8.85. The lowest BCUT2D eigenvalue weighted by Gasteiger charge is -2.32. The molecule has 108 valence electrons. The third-order valence-electron chi connectivity index (χ3n) is 4.48. The highest BCUT2D eigenvalue weighted by molar-refractivity contribution is 7.99.